The highest BCUT2D eigenvalue weighted by atomic mass is 32.2. The summed E-state index contributed by atoms with van der Waals surface area (Å²) in [4.78, 5) is 0.0715. The van der Waals surface area contributed by atoms with Gasteiger partial charge in [0.25, 0.3) is 0 Å². The van der Waals surface area contributed by atoms with Crippen molar-refractivity contribution in [3.63, 3.8) is 0 Å². The molecule has 1 saturated carbocycles. The Bertz CT molecular complexity index is 646. The van der Waals surface area contributed by atoms with Gasteiger partial charge in [-0.15, -0.1) is 0 Å². The molecule has 0 spiro atoms. The van der Waals surface area contributed by atoms with E-state index < -0.39 is 15.8 Å². The molecule has 21 heavy (non-hydrogen) atoms. The van der Waals surface area contributed by atoms with Crippen LogP contribution in [-0.4, -0.2) is 27.7 Å². The molecule has 2 atom stereocenters. The number of methoxy groups -OCH3 is 1. The minimum Gasteiger partial charge on any atom is -0.396 e. The molecule has 0 bridgehead atoms. The smallest absolute Gasteiger partial charge is 0.241 e. The summed E-state index contributed by atoms with van der Waals surface area (Å²) >= 11 is 0. The molecule has 1 aliphatic rings. The summed E-state index contributed by atoms with van der Waals surface area (Å²) in [5.41, 5.74) is 6.10. The summed E-state index contributed by atoms with van der Waals surface area (Å²) in [6.45, 7) is 3.09. The lowest BCUT2D eigenvalue weighted by atomic mass is 10.1. The maximum Gasteiger partial charge on any atom is 0.241 e. The lowest BCUT2D eigenvalue weighted by Gasteiger charge is -2.17. The predicted octanol–water partition coefficient (Wildman–Crippen LogP) is 1.87. The fourth-order valence-electron chi connectivity index (χ4n) is 2.88. The highest BCUT2D eigenvalue weighted by Gasteiger charge is 2.30. The molecular weight excluding hydrogens is 295 g/mol. The molecule has 2 rings (SSSR count). The summed E-state index contributed by atoms with van der Waals surface area (Å²) in [7, 11) is -2.11. The number of hydrogen-bond donors (Lipinski definition) is 2. The molecule has 1 aromatic rings. The zero-order valence-corrected chi connectivity index (χ0v) is 13.3. The van der Waals surface area contributed by atoms with Crippen LogP contribution in [0, 0.1) is 19.7 Å². The zero-order valence-electron chi connectivity index (χ0n) is 12.4. The van der Waals surface area contributed by atoms with Gasteiger partial charge in [-0.2, -0.15) is 0 Å². The number of benzene rings is 1. The van der Waals surface area contributed by atoms with Crippen molar-refractivity contribution in [1.29, 1.82) is 0 Å². The van der Waals surface area contributed by atoms with Crippen LogP contribution in [0.15, 0.2) is 11.0 Å². The fraction of sp³-hybridized carbons (Fsp3) is 0.571. The summed E-state index contributed by atoms with van der Waals surface area (Å²) in [6.07, 6.45) is 2.28. The summed E-state index contributed by atoms with van der Waals surface area (Å²) in [5.74, 6) is -0.593. The molecule has 1 fully saturated rings. The Kier molecular flexibility index (Phi) is 4.55. The van der Waals surface area contributed by atoms with Crippen LogP contribution < -0.4 is 10.5 Å². The Balaban J connectivity index is 2.31. The molecule has 0 aliphatic heterocycles. The van der Waals surface area contributed by atoms with Crippen LogP contribution in [0.25, 0.3) is 0 Å². The Hall–Kier alpha value is -1.18. The number of ether oxygens (including phenoxy) is 1. The maximum atomic E-state index is 13.6. The van der Waals surface area contributed by atoms with E-state index in [1.807, 2.05) is 0 Å². The van der Waals surface area contributed by atoms with Crippen molar-refractivity contribution < 1.29 is 17.5 Å². The Morgan fingerprint density at radius 3 is 2.62 bits per heavy atom. The average Bonchev–Trinajstić information content (AvgIpc) is 2.82. The largest absolute Gasteiger partial charge is 0.396 e. The van der Waals surface area contributed by atoms with Gasteiger partial charge >= 0.3 is 0 Å². The molecular formula is C14H21FN2O3S. The molecule has 118 valence electrons. The standard InChI is InChI=1S/C14H21FN2O3S/c1-8-6-12(15)13(16)9(2)14(8)21(18,19)17-10-4-5-11(7-10)20-3/h6,10-11,17H,4-5,7,16H2,1-3H3. The summed E-state index contributed by atoms with van der Waals surface area (Å²) in [6, 6.07) is 0.994. The topological polar surface area (TPSA) is 81.4 Å². The van der Waals surface area contributed by atoms with E-state index >= 15 is 0 Å². The molecule has 0 radical (unpaired) electrons. The number of nitrogens with one attached hydrogen (secondary N) is 1. The number of rotatable bonds is 4. The first-order chi connectivity index (χ1) is 9.76. The number of hydrogen-bond acceptors (Lipinski definition) is 4. The fourth-order valence-corrected chi connectivity index (χ4v) is 4.65. The van der Waals surface area contributed by atoms with Crippen molar-refractivity contribution in [3.8, 4) is 0 Å². The van der Waals surface area contributed by atoms with Crippen LogP contribution in [-0.2, 0) is 14.8 Å². The first kappa shape index (κ1) is 16.2. The zero-order chi connectivity index (χ0) is 15.8. The number of nitrogens with two attached hydrogens (primary N) is 1. The van der Waals surface area contributed by atoms with Crippen molar-refractivity contribution in [3.05, 3.63) is 23.0 Å². The minimum absolute atomic E-state index is 0.0715. The lowest BCUT2D eigenvalue weighted by molar-refractivity contribution is 0.107. The van der Waals surface area contributed by atoms with Gasteiger partial charge in [0.2, 0.25) is 10.0 Å². The van der Waals surface area contributed by atoms with E-state index in [0.717, 1.165) is 18.9 Å². The summed E-state index contributed by atoms with van der Waals surface area (Å²) < 4.78 is 46.6. The highest BCUT2D eigenvalue weighted by Crippen LogP contribution is 2.29. The van der Waals surface area contributed by atoms with E-state index in [0.29, 0.717) is 12.0 Å². The predicted molar refractivity (Wildman–Crippen MR) is 79.0 cm³/mol. The molecule has 0 heterocycles. The van der Waals surface area contributed by atoms with E-state index in [4.69, 9.17) is 10.5 Å². The van der Waals surface area contributed by atoms with Crippen molar-refractivity contribution in [2.45, 2.75) is 50.2 Å². The van der Waals surface area contributed by atoms with Gasteiger partial charge in [-0.3, -0.25) is 0 Å². The molecule has 0 saturated heterocycles. The van der Waals surface area contributed by atoms with Gasteiger partial charge in [-0.25, -0.2) is 17.5 Å². The average molecular weight is 316 g/mol. The molecule has 0 amide bonds. The normalized spacial score (nSPS) is 22.7. The van der Waals surface area contributed by atoms with Crippen LogP contribution in [0.2, 0.25) is 0 Å². The highest BCUT2D eigenvalue weighted by molar-refractivity contribution is 7.89. The molecule has 1 aromatic carbocycles. The second-order valence-corrected chi connectivity index (χ2v) is 7.18. The Morgan fingerprint density at radius 2 is 2.05 bits per heavy atom. The van der Waals surface area contributed by atoms with Crippen LogP contribution in [0.4, 0.5) is 10.1 Å². The van der Waals surface area contributed by atoms with Crippen LogP contribution in [0.1, 0.15) is 30.4 Å². The monoisotopic (exact) mass is 316 g/mol. The van der Waals surface area contributed by atoms with Crippen molar-refractivity contribution in [2.75, 3.05) is 12.8 Å². The Labute approximate surface area is 124 Å². The van der Waals surface area contributed by atoms with Gasteiger partial charge in [0.15, 0.2) is 0 Å². The maximum absolute atomic E-state index is 13.6. The lowest BCUT2D eigenvalue weighted by Crippen LogP contribution is -2.34. The quantitative estimate of drug-likeness (QED) is 0.831. The van der Waals surface area contributed by atoms with Gasteiger partial charge in [-0.05, 0) is 50.3 Å². The molecule has 2 unspecified atom stereocenters. The van der Waals surface area contributed by atoms with Gasteiger partial charge in [0.1, 0.15) is 5.82 Å². The first-order valence-electron chi connectivity index (χ1n) is 6.86. The second kappa shape index (κ2) is 5.90. The van der Waals surface area contributed by atoms with Crippen molar-refractivity contribution in [1.82, 2.24) is 4.72 Å². The molecule has 3 N–H and O–H groups in total. The van der Waals surface area contributed by atoms with E-state index in [9.17, 15) is 12.8 Å². The molecule has 0 aromatic heterocycles. The number of nitrogen functional groups attached to an aromatic ring is 1. The Morgan fingerprint density at radius 1 is 1.38 bits per heavy atom. The van der Waals surface area contributed by atoms with Gasteiger partial charge < -0.3 is 10.5 Å². The van der Waals surface area contributed by atoms with E-state index in [1.165, 1.54) is 6.92 Å². The number of anilines is 1. The third-order valence-corrected chi connectivity index (χ3v) is 5.82. The van der Waals surface area contributed by atoms with Gasteiger partial charge in [0.05, 0.1) is 16.7 Å². The second-order valence-electron chi connectivity index (χ2n) is 5.53. The third kappa shape index (κ3) is 3.20. The summed E-state index contributed by atoms with van der Waals surface area (Å²) in [5, 5.41) is 0. The SMILES string of the molecule is COC1CCC(NS(=O)(=O)c2c(C)cc(F)c(N)c2C)C1. The van der Waals surface area contributed by atoms with Crippen molar-refractivity contribution in [2.24, 2.45) is 0 Å². The molecule has 5 nitrogen and oxygen atoms in total. The van der Waals surface area contributed by atoms with Gasteiger partial charge in [-0.1, -0.05) is 0 Å². The van der Waals surface area contributed by atoms with Crippen LogP contribution >= 0.6 is 0 Å². The molecule has 7 heteroatoms. The van der Waals surface area contributed by atoms with E-state index in [-0.39, 0.29) is 28.3 Å². The van der Waals surface area contributed by atoms with E-state index in [1.54, 1.807) is 14.0 Å². The van der Waals surface area contributed by atoms with Gasteiger partial charge in [0, 0.05) is 13.2 Å². The third-order valence-electron chi connectivity index (χ3n) is 4.01. The molecule has 1 aliphatic carbocycles. The van der Waals surface area contributed by atoms with Crippen molar-refractivity contribution >= 4 is 15.7 Å². The first-order valence-corrected chi connectivity index (χ1v) is 8.35. The number of halogens is 1. The van der Waals surface area contributed by atoms with Crippen LogP contribution in [0.5, 0.6) is 0 Å². The number of aryl methyl sites for hydroxylation is 1. The number of sulfonamides is 1. The van der Waals surface area contributed by atoms with E-state index in [2.05, 4.69) is 4.72 Å². The minimum atomic E-state index is -3.73. The van der Waals surface area contributed by atoms with Crippen LogP contribution in [0.3, 0.4) is 0 Å².